The van der Waals surface area contributed by atoms with Crippen LogP contribution in [0.3, 0.4) is 0 Å². The molecule has 0 aromatic heterocycles. The van der Waals surface area contributed by atoms with E-state index in [-0.39, 0.29) is 0 Å². The van der Waals surface area contributed by atoms with Crippen molar-refractivity contribution in [2.75, 3.05) is 11.5 Å². The van der Waals surface area contributed by atoms with Crippen molar-refractivity contribution in [1.82, 2.24) is 0 Å². The molecule has 2 rings (SSSR count). The van der Waals surface area contributed by atoms with E-state index in [1.54, 1.807) is 18.2 Å². The maximum absolute atomic E-state index is 12.1. The lowest BCUT2D eigenvalue weighted by Crippen LogP contribution is -2.02. The predicted octanol–water partition coefficient (Wildman–Crippen LogP) is 3.93. The molecule has 19 heavy (non-hydrogen) atoms. The molecule has 0 aliphatic heterocycles. The van der Waals surface area contributed by atoms with Crippen LogP contribution in [0.15, 0.2) is 47.4 Å². The Morgan fingerprint density at radius 2 is 1.68 bits per heavy atom. The van der Waals surface area contributed by atoms with Crippen molar-refractivity contribution in [3.8, 4) is 0 Å². The van der Waals surface area contributed by atoms with E-state index in [0.29, 0.717) is 20.7 Å². The average molecular weight is 314 g/mol. The van der Waals surface area contributed by atoms with Gasteiger partial charge in [0.15, 0.2) is 0 Å². The second-order valence-electron chi connectivity index (χ2n) is 4.12. The van der Waals surface area contributed by atoms with Crippen molar-refractivity contribution in [2.24, 2.45) is 0 Å². The fourth-order valence-electron chi connectivity index (χ4n) is 1.63. The van der Waals surface area contributed by atoms with Crippen LogP contribution in [0.2, 0.25) is 10.0 Å². The number of hydrogen-bond acceptors (Lipinski definition) is 2. The number of benzene rings is 2. The topological polar surface area (TPSA) is 43.1 Å². The highest BCUT2D eigenvalue weighted by molar-refractivity contribution is 7.85. The first-order valence-electron chi connectivity index (χ1n) is 5.74. The monoisotopic (exact) mass is 313 g/mol. The summed E-state index contributed by atoms with van der Waals surface area (Å²) in [4.78, 5) is 0.699. The van der Waals surface area contributed by atoms with Gasteiger partial charge in [-0.2, -0.15) is 0 Å². The van der Waals surface area contributed by atoms with E-state index >= 15 is 0 Å². The summed E-state index contributed by atoms with van der Waals surface area (Å²) in [6.45, 7) is 0. The SMILES string of the molecule is Nc1ccc(CCS(=O)c2ccc(Cl)c(Cl)c2)cc1. The van der Waals surface area contributed by atoms with E-state index < -0.39 is 10.8 Å². The zero-order valence-electron chi connectivity index (χ0n) is 10.1. The van der Waals surface area contributed by atoms with E-state index in [0.717, 1.165) is 17.7 Å². The number of hydrogen-bond donors (Lipinski definition) is 1. The third-order valence-electron chi connectivity index (χ3n) is 2.71. The van der Waals surface area contributed by atoms with Gasteiger partial charge in [0.2, 0.25) is 0 Å². The summed E-state index contributed by atoms with van der Waals surface area (Å²) in [6.07, 6.45) is 0.729. The number of rotatable bonds is 4. The second kappa shape index (κ2) is 6.42. The number of halogens is 2. The Hall–Kier alpha value is -1.03. The van der Waals surface area contributed by atoms with E-state index in [9.17, 15) is 4.21 Å². The van der Waals surface area contributed by atoms with Crippen molar-refractivity contribution in [3.05, 3.63) is 58.1 Å². The summed E-state index contributed by atoms with van der Waals surface area (Å²) in [5.74, 6) is 0.544. The van der Waals surface area contributed by atoms with Gasteiger partial charge in [0.1, 0.15) is 0 Å². The molecule has 0 saturated carbocycles. The Bertz CT molecular complexity index is 599. The summed E-state index contributed by atoms with van der Waals surface area (Å²) < 4.78 is 12.1. The first kappa shape index (κ1) is 14.4. The van der Waals surface area contributed by atoms with Crippen molar-refractivity contribution in [2.45, 2.75) is 11.3 Å². The van der Waals surface area contributed by atoms with E-state index in [4.69, 9.17) is 28.9 Å². The van der Waals surface area contributed by atoms with Crippen LogP contribution in [0, 0.1) is 0 Å². The maximum Gasteiger partial charge on any atom is 0.0604 e. The molecular formula is C14H13Cl2NOS. The minimum atomic E-state index is -1.08. The van der Waals surface area contributed by atoms with Crippen molar-refractivity contribution in [1.29, 1.82) is 0 Å². The lowest BCUT2D eigenvalue weighted by molar-refractivity contribution is 0.682. The molecule has 0 aliphatic carbocycles. The number of nitrogens with two attached hydrogens (primary N) is 1. The molecule has 0 aliphatic rings. The molecule has 2 aromatic rings. The lowest BCUT2D eigenvalue weighted by atomic mass is 10.2. The van der Waals surface area contributed by atoms with Crippen LogP contribution in [0.4, 0.5) is 5.69 Å². The number of nitrogen functional groups attached to an aromatic ring is 1. The minimum absolute atomic E-state index is 0.431. The van der Waals surface area contributed by atoms with Gasteiger partial charge in [-0.1, -0.05) is 35.3 Å². The standard InChI is InChI=1S/C14H13Cl2NOS/c15-13-6-5-12(9-14(13)16)19(18)8-7-10-1-3-11(17)4-2-10/h1-6,9H,7-8,17H2. The molecule has 1 atom stereocenters. The Balaban J connectivity index is 2.01. The van der Waals surface area contributed by atoms with Crippen LogP contribution >= 0.6 is 23.2 Å². The highest BCUT2D eigenvalue weighted by Gasteiger charge is 2.07. The van der Waals surface area contributed by atoms with Crippen LogP contribution in [-0.4, -0.2) is 9.96 Å². The fourth-order valence-corrected chi connectivity index (χ4v) is 3.12. The molecule has 0 saturated heterocycles. The first-order valence-corrected chi connectivity index (χ1v) is 7.81. The number of aryl methyl sites for hydroxylation is 1. The summed E-state index contributed by atoms with van der Waals surface area (Å²) in [7, 11) is -1.08. The molecule has 0 bridgehead atoms. The summed E-state index contributed by atoms with van der Waals surface area (Å²) in [5, 5.41) is 0.904. The van der Waals surface area contributed by atoms with Crippen LogP contribution < -0.4 is 5.73 Å². The largest absolute Gasteiger partial charge is 0.399 e. The Kier molecular flexibility index (Phi) is 4.86. The van der Waals surface area contributed by atoms with Crippen molar-refractivity contribution < 1.29 is 4.21 Å². The molecule has 0 radical (unpaired) electrons. The number of anilines is 1. The highest BCUT2D eigenvalue weighted by atomic mass is 35.5. The quantitative estimate of drug-likeness (QED) is 0.869. The van der Waals surface area contributed by atoms with Gasteiger partial charge >= 0.3 is 0 Å². The highest BCUT2D eigenvalue weighted by Crippen LogP contribution is 2.24. The minimum Gasteiger partial charge on any atom is -0.399 e. The van der Waals surface area contributed by atoms with Gasteiger partial charge < -0.3 is 5.73 Å². The van der Waals surface area contributed by atoms with Gasteiger partial charge in [-0.05, 0) is 42.3 Å². The molecule has 0 spiro atoms. The summed E-state index contributed by atoms with van der Waals surface area (Å²) in [5.41, 5.74) is 7.46. The summed E-state index contributed by atoms with van der Waals surface area (Å²) >= 11 is 11.7. The fraction of sp³-hybridized carbons (Fsp3) is 0.143. The van der Waals surface area contributed by atoms with Crippen LogP contribution in [-0.2, 0) is 17.2 Å². The van der Waals surface area contributed by atoms with Gasteiger partial charge in [0, 0.05) is 16.3 Å². The molecule has 2 nitrogen and oxygen atoms in total. The van der Waals surface area contributed by atoms with Crippen LogP contribution in [0.25, 0.3) is 0 Å². The van der Waals surface area contributed by atoms with Gasteiger partial charge in [-0.25, -0.2) is 0 Å². The average Bonchev–Trinajstić information content (AvgIpc) is 2.41. The first-order chi connectivity index (χ1) is 9.06. The van der Waals surface area contributed by atoms with Crippen LogP contribution in [0.5, 0.6) is 0 Å². The van der Waals surface area contributed by atoms with E-state index in [1.165, 1.54) is 0 Å². The predicted molar refractivity (Wildman–Crippen MR) is 82.3 cm³/mol. The molecule has 100 valence electrons. The molecule has 0 fully saturated rings. The second-order valence-corrected chi connectivity index (χ2v) is 6.50. The Labute approximate surface area is 125 Å². The molecule has 0 heterocycles. The van der Waals surface area contributed by atoms with E-state index in [2.05, 4.69) is 0 Å². The molecule has 5 heteroatoms. The molecule has 2 N–H and O–H groups in total. The van der Waals surface area contributed by atoms with E-state index in [1.807, 2.05) is 24.3 Å². The zero-order chi connectivity index (χ0) is 13.8. The van der Waals surface area contributed by atoms with Gasteiger partial charge in [-0.15, -0.1) is 0 Å². The van der Waals surface area contributed by atoms with Gasteiger partial charge in [0.05, 0.1) is 20.8 Å². The third kappa shape index (κ3) is 3.96. The zero-order valence-corrected chi connectivity index (χ0v) is 12.4. The van der Waals surface area contributed by atoms with Crippen LogP contribution in [0.1, 0.15) is 5.56 Å². The lowest BCUT2D eigenvalue weighted by Gasteiger charge is -2.04. The van der Waals surface area contributed by atoms with Gasteiger partial charge in [-0.3, -0.25) is 4.21 Å². The van der Waals surface area contributed by atoms with Gasteiger partial charge in [0.25, 0.3) is 0 Å². The normalized spacial score (nSPS) is 12.3. The summed E-state index contributed by atoms with van der Waals surface area (Å²) in [6, 6.07) is 12.6. The Morgan fingerprint density at radius 3 is 2.32 bits per heavy atom. The smallest absolute Gasteiger partial charge is 0.0604 e. The Morgan fingerprint density at radius 1 is 1.00 bits per heavy atom. The molecule has 2 aromatic carbocycles. The van der Waals surface area contributed by atoms with Crippen molar-refractivity contribution >= 4 is 39.7 Å². The third-order valence-corrected chi connectivity index (χ3v) is 4.80. The molecular weight excluding hydrogens is 301 g/mol. The molecule has 1 unspecified atom stereocenters. The maximum atomic E-state index is 12.1. The van der Waals surface area contributed by atoms with Crippen molar-refractivity contribution in [3.63, 3.8) is 0 Å². The molecule has 0 amide bonds.